The highest BCUT2D eigenvalue weighted by Crippen LogP contribution is 2.46. The molecule has 0 aromatic heterocycles. The van der Waals surface area contributed by atoms with Gasteiger partial charge in [0.1, 0.15) is 0 Å². The maximum absolute atomic E-state index is 13.2. The Balaban J connectivity index is 2.30. The van der Waals surface area contributed by atoms with Crippen LogP contribution in [0.25, 0.3) is 0 Å². The number of carboxylic acids is 1. The van der Waals surface area contributed by atoms with Crippen molar-refractivity contribution >= 4 is 23.5 Å². The van der Waals surface area contributed by atoms with Crippen molar-refractivity contribution in [2.45, 2.75) is 31.9 Å². The normalized spacial score (nSPS) is 21.8. The number of halogens is 4. The smallest absolute Gasteiger partial charge is 0.406 e. The first-order chi connectivity index (χ1) is 10.9. The summed E-state index contributed by atoms with van der Waals surface area (Å²) < 4.78 is 39.7. The van der Waals surface area contributed by atoms with E-state index in [-0.39, 0.29) is 6.54 Å². The maximum Gasteiger partial charge on any atom is 0.406 e. The lowest BCUT2D eigenvalue weighted by Crippen LogP contribution is -2.49. The summed E-state index contributed by atoms with van der Waals surface area (Å²) in [6.45, 7) is 2.02. The Labute approximate surface area is 142 Å². The summed E-state index contributed by atoms with van der Waals surface area (Å²) in [4.78, 5) is 24.9. The minimum absolute atomic E-state index is 0.255. The zero-order valence-electron chi connectivity index (χ0n) is 13.2. The third-order valence-corrected chi connectivity index (χ3v) is 4.82. The van der Waals surface area contributed by atoms with Crippen LogP contribution in [0.5, 0.6) is 0 Å². The largest absolute Gasteiger partial charge is 0.481 e. The summed E-state index contributed by atoms with van der Waals surface area (Å²) in [5.74, 6) is -2.51. The zero-order valence-corrected chi connectivity index (χ0v) is 13.9. The van der Waals surface area contributed by atoms with Crippen molar-refractivity contribution in [2.75, 3.05) is 13.1 Å². The number of likely N-dealkylation sites (tertiary alicyclic amines) is 1. The molecule has 1 aliphatic heterocycles. The van der Waals surface area contributed by atoms with Crippen LogP contribution in [-0.4, -0.2) is 41.1 Å². The minimum Gasteiger partial charge on any atom is -0.481 e. The number of benzene rings is 1. The van der Waals surface area contributed by atoms with Gasteiger partial charge in [-0.25, -0.2) is 0 Å². The number of rotatable bonds is 3. The highest BCUT2D eigenvalue weighted by Gasteiger charge is 2.64. The molecular formula is C16H17ClF3NO3. The highest BCUT2D eigenvalue weighted by atomic mass is 35.5. The van der Waals surface area contributed by atoms with Crippen molar-refractivity contribution in [1.29, 1.82) is 0 Å². The van der Waals surface area contributed by atoms with Crippen molar-refractivity contribution in [2.24, 2.45) is 5.41 Å². The molecule has 132 valence electrons. The van der Waals surface area contributed by atoms with Crippen LogP contribution in [0, 0.1) is 5.41 Å². The number of nitrogens with zero attached hydrogens (tertiary/aromatic N) is 1. The molecule has 1 atom stereocenters. The van der Waals surface area contributed by atoms with Crippen LogP contribution in [0.15, 0.2) is 24.3 Å². The van der Waals surface area contributed by atoms with Crippen molar-refractivity contribution in [3.8, 4) is 0 Å². The van der Waals surface area contributed by atoms with Crippen LogP contribution >= 0.6 is 11.6 Å². The first-order valence-corrected chi connectivity index (χ1v) is 7.65. The molecule has 1 N–H and O–H groups in total. The molecule has 1 heterocycles. The van der Waals surface area contributed by atoms with Crippen LogP contribution in [-0.2, 0) is 15.0 Å². The molecule has 1 aromatic carbocycles. The van der Waals surface area contributed by atoms with Crippen molar-refractivity contribution in [1.82, 2.24) is 4.90 Å². The fourth-order valence-corrected chi connectivity index (χ4v) is 3.10. The van der Waals surface area contributed by atoms with Gasteiger partial charge in [-0.1, -0.05) is 23.7 Å². The molecule has 24 heavy (non-hydrogen) atoms. The average Bonchev–Trinajstić information content (AvgIpc) is 2.92. The second-order valence-corrected chi connectivity index (χ2v) is 6.93. The van der Waals surface area contributed by atoms with Gasteiger partial charge in [-0.3, -0.25) is 9.59 Å². The molecule has 8 heteroatoms. The molecule has 4 nitrogen and oxygen atoms in total. The molecule has 2 rings (SSSR count). The lowest BCUT2D eigenvalue weighted by atomic mass is 9.83. The van der Waals surface area contributed by atoms with Crippen molar-refractivity contribution < 1.29 is 27.9 Å². The minimum atomic E-state index is -4.92. The van der Waals surface area contributed by atoms with Gasteiger partial charge < -0.3 is 10.0 Å². The van der Waals surface area contributed by atoms with Crippen LogP contribution in [0.4, 0.5) is 13.2 Å². The Morgan fingerprint density at radius 2 is 1.92 bits per heavy atom. The number of amides is 1. The molecule has 0 bridgehead atoms. The van der Waals surface area contributed by atoms with Crippen LogP contribution in [0.1, 0.15) is 25.8 Å². The highest BCUT2D eigenvalue weighted by molar-refractivity contribution is 6.30. The van der Waals surface area contributed by atoms with Gasteiger partial charge in [-0.2, -0.15) is 13.2 Å². The molecule has 1 saturated heterocycles. The Morgan fingerprint density at radius 1 is 1.29 bits per heavy atom. The van der Waals surface area contributed by atoms with Gasteiger partial charge in [0.05, 0.1) is 5.41 Å². The van der Waals surface area contributed by atoms with Gasteiger partial charge in [0.25, 0.3) is 0 Å². The van der Waals surface area contributed by atoms with Gasteiger partial charge in [0.2, 0.25) is 5.91 Å². The molecular weight excluding hydrogens is 347 g/mol. The number of aliphatic carboxylic acids is 1. The second kappa shape index (κ2) is 5.95. The van der Waals surface area contributed by atoms with E-state index in [0.29, 0.717) is 10.6 Å². The number of carbonyl (C=O) groups excluding carboxylic acids is 1. The van der Waals surface area contributed by atoms with E-state index in [4.69, 9.17) is 16.7 Å². The molecule has 0 aliphatic carbocycles. The van der Waals surface area contributed by atoms with Gasteiger partial charge in [0.15, 0.2) is 5.41 Å². The standard InChI is InChI=1S/C16H17ClF3NO3/c1-14(2,10-4-3-5-11(17)8-10)12(22)21-7-6-15(9-21,13(23)24)16(18,19)20/h3-5,8H,6-7,9H2,1-2H3,(H,23,24). The number of carbonyl (C=O) groups is 2. The Morgan fingerprint density at radius 3 is 2.38 bits per heavy atom. The summed E-state index contributed by atoms with van der Waals surface area (Å²) in [5.41, 5.74) is -3.47. The molecule has 1 unspecified atom stereocenters. The van der Waals surface area contributed by atoms with Gasteiger partial charge in [0, 0.05) is 18.1 Å². The first-order valence-electron chi connectivity index (χ1n) is 7.27. The monoisotopic (exact) mass is 363 g/mol. The SMILES string of the molecule is CC(C)(C(=O)N1CCC(C(=O)O)(C(F)(F)F)C1)c1cccc(Cl)c1. The van der Waals surface area contributed by atoms with E-state index in [0.717, 1.165) is 4.90 Å². The Bertz CT molecular complexity index is 675. The quantitative estimate of drug-likeness (QED) is 0.894. The predicted molar refractivity (Wildman–Crippen MR) is 81.8 cm³/mol. The number of hydrogen-bond donors (Lipinski definition) is 1. The van der Waals surface area contributed by atoms with Crippen molar-refractivity contribution in [3.05, 3.63) is 34.9 Å². The summed E-state index contributed by atoms with van der Waals surface area (Å²) in [6.07, 6.45) is -5.57. The van der Waals surface area contributed by atoms with Gasteiger partial charge in [-0.05, 0) is 38.0 Å². The first kappa shape index (κ1) is 18.6. The predicted octanol–water partition coefficient (Wildman–Crippen LogP) is 3.48. The van der Waals surface area contributed by atoms with E-state index in [1.54, 1.807) is 38.1 Å². The third-order valence-electron chi connectivity index (χ3n) is 4.59. The molecule has 0 spiro atoms. The summed E-state index contributed by atoms with van der Waals surface area (Å²) in [6, 6.07) is 6.51. The van der Waals surface area contributed by atoms with E-state index in [1.165, 1.54) is 0 Å². The fraction of sp³-hybridized carbons (Fsp3) is 0.500. The fourth-order valence-electron chi connectivity index (χ4n) is 2.91. The van der Waals surface area contributed by atoms with Crippen LogP contribution < -0.4 is 0 Å². The molecule has 0 radical (unpaired) electrons. The van der Waals surface area contributed by atoms with Crippen LogP contribution in [0.3, 0.4) is 0 Å². The summed E-state index contributed by atoms with van der Waals surface area (Å²) in [5, 5.41) is 9.49. The van der Waals surface area contributed by atoms with E-state index in [9.17, 15) is 22.8 Å². The zero-order chi connectivity index (χ0) is 18.3. The molecule has 1 aromatic rings. The molecule has 0 saturated carbocycles. The maximum atomic E-state index is 13.2. The average molecular weight is 364 g/mol. The number of hydrogen-bond acceptors (Lipinski definition) is 2. The summed E-state index contributed by atoms with van der Waals surface area (Å²) in [7, 11) is 0. The second-order valence-electron chi connectivity index (χ2n) is 6.50. The van der Waals surface area contributed by atoms with Gasteiger partial charge in [-0.15, -0.1) is 0 Å². The van der Waals surface area contributed by atoms with Gasteiger partial charge >= 0.3 is 12.1 Å². The van der Waals surface area contributed by atoms with Crippen LogP contribution in [0.2, 0.25) is 5.02 Å². The summed E-state index contributed by atoms with van der Waals surface area (Å²) >= 11 is 5.91. The van der Waals surface area contributed by atoms with E-state index < -0.39 is 41.8 Å². The lowest BCUT2D eigenvalue weighted by Gasteiger charge is -2.32. The number of alkyl halides is 3. The molecule has 1 fully saturated rings. The van der Waals surface area contributed by atoms with E-state index in [2.05, 4.69) is 0 Å². The molecule has 1 aliphatic rings. The van der Waals surface area contributed by atoms with Crippen molar-refractivity contribution in [3.63, 3.8) is 0 Å². The van der Waals surface area contributed by atoms with E-state index in [1.807, 2.05) is 0 Å². The Hall–Kier alpha value is -1.76. The Kier molecular flexibility index (Phi) is 4.61. The number of carboxylic acid groups (broad SMARTS) is 1. The third kappa shape index (κ3) is 2.97. The lowest BCUT2D eigenvalue weighted by molar-refractivity contribution is -0.227. The topological polar surface area (TPSA) is 57.6 Å². The molecule has 1 amide bonds. The van der Waals surface area contributed by atoms with E-state index >= 15 is 0 Å².